The van der Waals surface area contributed by atoms with Crippen LogP contribution in [0.2, 0.25) is 0 Å². The molecule has 4 heteroatoms. The lowest BCUT2D eigenvalue weighted by molar-refractivity contribution is -0.127. The van der Waals surface area contributed by atoms with Crippen LogP contribution in [0.4, 0.5) is 5.69 Å². The first-order chi connectivity index (χ1) is 14.1. The van der Waals surface area contributed by atoms with Gasteiger partial charge in [0.1, 0.15) is 0 Å². The first kappa shape index (κ1) is 20.4. The Morgan fingerprint density at radius 1 is 1.10 bits per heavy atom. The van der Waals surface area contributed by atoms with Crippen molar-refractivity contribution in [3.05, 3.63) is 29.8 Å². The molecule has 2 aliphatic carbocycles. The Morgan fingerprint density at radius 3 is 2.48 bits per heavy atom. The second-order valence-electron chi connectivity index (χ2n) is 9.54. The number of carbonyl (C=O) groups is 2. The Hall–Kier alpha value is -1.84. The van der Waals surface area contributed by atoms with Crippen molar-refractivity contribution in [1.82, 2.24) is 5.32 Å². The molecule has 0 atom stereocenters. The maximum Gasteiger partial charge on any atom is 0.233 e. The summed E-state index contributed by atoms with van der Waals surface area (Å²) in [6.07, 6.45) is 11.7. The third kappa shape index (κ3) is 4.67. The maximum atomic E-state index is 13.3. The molecule has 4 nitrogen and oxygen atoms in total. The highest BCUT2D eigenvalue weighted by Gasteiger charge is 2.48. The number of rotatable bonds is 8. The molecule has 0 unspecified atom stereocenters. The molecule has 3 fully saturated rings. The molecule has 1 heterocycles. The van der Waals surface area contributed by atoms with E-state index in [9.17, 15) is 9.59 Å². The predicted octanol–water partition coefficient (Wildman–Crippen LogP) is 5.17. The maximum absolute atomic E-state index is 13.3. The Kier molecular flexibility index (Phi) is 6.26. The lowest BCUT2D eigenvalue weighted by atomic mass is 9.68. The van der Waals surface area contributed by atoms with Gasteiger partial charge in [0.2, 0.25) is 11.8 Å². The van der Waals surface area contributed by atoms with Crippen LogP contribution >= 0.6 is 0 Å². The van der Waals surface area contributed by atoms with E-state index < -0.39 is 0 Å². The number of carbonyl (C=O) groups excluding carboxylic acids is 2. The molecule has 3 aliphatic rings. The van der Waals surface area contributed by atoms with E-state index in [0.29, 0.717) is 18.2 Å². The minimum Gasteiger partial charge on any atom is -0.356 e. The normalized spacial score (nSPS) is 26.9. The Morgan fingerprint density at radius 2 is 1.83 bits per heavy atom. The largest absolute Gasteiger partial charge is 0.356 e. The van der Waals surface area contributed by atoms with Gasteiger partial charge >= 0.3 is 0 Å². The van der Waals surface area contributed by atoms with Crippen LogP contribution in [-0.4, -0.2) is 24.9 Å². The zero-order chi connectivity index (χ0) is 20.3. The smallest absolute Gasteiger partial charge is 0.233 e. The number of anilines is 1. The minimum absolute atomic E-state index is 0.121. The highest BCUT2D eigenvalue weighted by Crippen LogP contribution is 2.48. The van der Waals surface area contributed by atoms with Crippen molar-refractivity contribution in [3.63, 3.8) is 0 Å². The summed E-state index contributed by atoms with van der Waals surface area (Å²) in [5.74, 6) is 1.99. The third-order valence-electron chi connectivity index (χ3n) is 7.42. The van der Waals surface area contributed by atoms with Gasteiger partial charge in [-0.3, -0.25) is 9.59 Å². The summed E-state index contributed by atoms with van der Waals surface area (Å²) in [5, 5.41) is 2.96. The average Bonchev–Trinajstić information content (AvgIpc) is 3.55. The standard InChI is InChI=1S/C25H36N2O2/c1-2-17-26-23(28)5-3-4-19-12-14-25(15-13-19)16-18-27(24(25)29)22-10-8-21(9-11-22)20-6-7-20/h8-11,19-20H,2-7,12-18H2,1H3,(H,26,28). The number of amides is 2. The molecule has 1 aromatic rings. The molecule has 1 N–H and O–H groups in total. The van der Waals surface area contributed by atoms with E-state index in [-0.39, 0.29) is 11.3 Å². The van der Waals surface area contributed by atoms with Crippen molar-refractivity contribution in [2.45, 2.75) is 83.5 Å². The SMILES string of the molecule is CCCNC(=O)CCCC1CCC2(CC1)CCN(c1ccc(C3CC3)cc1)C2=O. The lowest BCUT2D eigenvalue weighted by Gasteiger charge is -2.35. The minimum atomic E-state index is -0.121. The monoisotopic (exact) mass is 396 g/mol. The fraction of sp³-hybridized carbons (Fsp3) is 0.680. The van der Waals surface area contributed by atoms with E-state index in [1.807, 2.05) is 4.90 Å². The summed E-state index contributed by atoms with van der Waals surface area (Å²) in [4.78, 5) is 27.1. The van der Waals surface area contributed by atoms with E-state index in [1.165, 1.54) is 18.4 Å². The molecule has 4 rings (SSSR count). The zero-order valence-electron chi connectivity index (χ0n) is 17.9. The molecule has 2 amide bonds. The van der Waals surface area contributed by atoms with Gasteiger partial charge in [0, 0.05) is 25.2 Å². The first-order valence-electron chi connectivity index (χ1n) is 11.8. The van der Waals surface area contributed by atoms with E-state index in [0.717, 1.165) is 76.1 Å². The number of benzene rings is 1. The fourth-order valence-corrected chi connectivity index (χ4v) is 5.30. The van der Waals surface area contributed by atoms with Crippen LogP contribution in [0.15, 0.2) is 24.3 Å². The van der Waals surface area contributed by atoms with Gasteiger partial charge in [-0.15, -0.1) is 0 Å². The molecule has 1 aliphatic heterocycles. The highest BCUT2D eigenvalue weighted by atomic mass is 16.2. The number of hydrogen-bond donors (Lipinski definition) is 1. The van der Waals surface area contributed by atoms with E-state index in [4.69, 9.17) is 0 Å². The van der Waals surface area contributed by atoms with Crippen molar-refractivity contribution in [2.75, 3.05) is 18.0 Å². The van der Waals surface area contributed by atoms with Crippen molar-refractivity contribution in [2.24, 2.45) is 11.3 Å². The van der Waals surface area contributed by atoms with E-state index in [2.05, 4.69) is 36.5 Å². The second-order valence-corrected chi connectivity index (χ2v) is 9.54. The molecule has 2 saturated carbocycles. The van der Waals surface area contributed by atoms with Gasteiger partial charge in [-0.2, -0.15) is 0 Å². The van der Waals surface area contributed by atoms with Crippen LogP contribution in [0, 0.1) is 11.3 Å². The lowest BCUT2D eigenvalue weighted by Crippen LogP contribution is -2.37. The third-order valence-corrected chi connectivity index (χ3v) is 7.42. The molecule has 1 aromatic carbocycles. The average molecular weight is 397 g/mol. The fourth-order valence-electron chi connectivity index (χ4n) is 5.30. The molecule has 158 valence electrons. The Bertz CT molecular complexity index is 715. The van der Waals surface area contributed by atoms with Crippen LogP contribution in [0.25, 0.3) is 0 Å². The Balaban J connectivity index is 1.25. The summed E-state index contributed by atoms with van der Waals surface area (Å²) in [6.45, 7) is 3.73. The zero-order valence-corrected chi connectivity index (χ0v) is 17.9. The van der Waals surface area contributed by atoms with Gasteiger partial charge in [-0.25, -0.2) is 0 Å². The number of hydrogen-bond acceptors (Lipinski definition) is 2. The van der Waals surface area contributed by atoms with Gasteiger partial charge in [0.25, 0.3) is 0 Å². The molecule has 0 aromatic heterocycles. The first-order valence-corrected chi connectivity index (χ1v) is 11.8. The molecule has 1 spiro atoms. The highest BCUT2D eigenvalue weighted by molar-refractivity contribution is 6.00. The van der Waals surface area contributed by atoms with Crippen molar-refractivity contribution < 1.29 is 9.59 Å². The van der Waals surface area contributed by atoms with Crippen LogP contribution < -0.4 is 10.2 Å². The van der Waals surface area contributed by atoms with Gasteiger partial charge in [0.15, 0.2) is 0 Å². The van der Waals surface area contributed by atoms with Crippen LogP contribution in [0.5, 0.6) is 0 Å². The second kappa shape index (κ2) is 8.89. The van der Waals surface area contributed by atoms with Crippen molar-refractivity contribution in [3.8, 4) is 0 Å². The van der Waals surface area contributed by atoms with Crippen LogP contribution in [0.1, 0.15) is 89.0 Å². The van der Waals surface area contributed by atoms with Crippen LogP contribution in [-0.2, 0) is 9.59 Å². The summed E-state index contributed by atoms with van der Waals surface area (Å²) >= 11 is 0. The number of nitrogens with one attached hydrogen (secondary N) is 1. The molecule has 1 saturated heterocycles. The molecular formula is C25H36N2O2. The van der Waals surface area contributed by atoms with Crippen molar-refractivity contribution in [1.29, 1.82) is 0 Å². The number of nitrogens with zero attached hydrogens (tertiary/aromatic N) is 1. The predicted molar refractivity (Wildman–Crippen MR) is 117 cm³/mol. The van der Waals surface area contributed by atoms with Gasteiger partial charge in [-0.1, -0.05) is 19.1 Å². The quantitative estimate of drug-likeness (QED) is 0.659. The topological polar surface area (TPSA) is 49.4 Å². The van der Waals surface area contributed by atoms with E-state index >= 15 is 0 Å². The van der Waals surface area contributed by atoms with Gasteiger partial charge in [-0.05, 0) is 93.7 Å². The molecular weight excluding hydrogens is 360 g/mol. The van der Waals surface area contributed by atoms with Crippen molar-refractivity contribution >= 4 is 17.5 Å². The van der Waals surface area contributed by atoms with Gasteiger partial charge < -0.3 is 10.2 Å². The summed E-state index contributed by atoms with van der Waals surface area (Å²) in [6, 6.07) is 8.75. The summed E-state index contributed by atoms with van der Waals surface area (Å²) in [5.41, 5.74) is 2.39. The Labute approximate surface area is 175 Å². The molecule has 0 bridgehead atoms. The summed E-state index contributed by atoms with van der Waals surface area (Å²) < 4.78 is 0. The van der Waals surface area contributed by atoms with E-state index in [1.54, 1.807) is 0 Å². The molecule has 0 radical (unpaired) electrons. The summed E-state index contributed by atoms with van der Waals surface area (Å²) in [7, 11) is 0. The van der Waals surface area contributed by atoms with Crippen LogP contribution in [0.3, 0.4) is 0 Å². The van der Waals surface area contributed by atoms with Gasteiger partial charge in [0.05, 0.1) is 5.41 Å². The molecule has 29 heavy (non-hydrogen) atoms.